The zero-order chi connectivity index (χ0) is 26.8. The molecular formula is C26H28Cl3FN6. The molecule has 0 aliphatic heterocycles. The van der Waals surface area contributed by atoms with Gasteiger partial charge < -0.3 is 11.1 Å². The lowest BCUT2D eigenvalue weighted by Crippen LogP contribution is -2.28. The Morgan fingerprint density at radius 2 is 1.11 bits per heavy atom. The molecule has 0 amide bonds. The van der Waals surface area contributed by atoms with Crippen LogP contribution in [0.1, 0.15) is 38.8 Å². The summed E-state index contributed by atoms with van der Waals surface area (Å²) >= 11 is 16.5. The third-order valence-corrected chi connectivity index (χ3v) is 5.36. The first-order valence-corrected chi connectivity index (χ1v) is 12.0. The molecule has 6 nitrogen and oxygen atoms in total. The molecule has 0 radical (unpaired) electrons. The highest BCUT2D eigenvalue weighted by atomic mass is 35.5. The summed E-state index contributed by atoms with van der Waals surface area (Å²) in [6.07, 6.45) is 0. The second-order valence-electron chi connectivity index (χ2n) is 8.76. The minimum Gasteiger partial charge on any atom is -0.360 e. The monoisotopic (exact) mass is 548 g/mol. The van der Waals surface area contributed by atoms with Crippen LogP contribution in [0.5, 0.6) is 0 Å². The molecule has 2 aromatic heterocycles. The van der Waals surface area contributed by atoms with E-state index in [4.69, 9.17) is 40.5 Å². The first-order chi connectivity index (χ1) is 16.9. The molecule has 0 unspecified atom stereocenters. The van der Waals surface area contributed by atoms with Gasteiger partial charge in [-0.1, -0.05) is 77.3 Å². The Kier molecular flexibility index (Phi) is 11.0. The Balaban J connectivity index is 0.000000206. The lowest BCUT2D eigenvalue weighted by Gasteiger charge is -2.27. The maximum Gasteiger partial charge on any atom is 0.151 e. The van der Waals surface area contributed by atoms with Gasteiger partial charge in [-0.25, -0.2) is 4.39 Å². The molecule has 0 aliphatic rings. The van der Waals surface area contributed by atoms with Gasteiger partial charge in [0.25, 0.3) is 0 Å². The Bertz CT molecular complexity index is 1160. The van der Waals surface area contributed by atoms with Crippen molar-refractivity contribution >= 4 is 40.6 Å². The molecule has 10 heteroatoms. The molecule has 2 heterocycles. The van der Waals surface area contributed by atoms with Crippen molar-refractivity contribution in [1.82, 2.24) is 20.4 Å². The number of benzene rings is 2. The van der Waals surface area contributed by atoms with Crippen molar-refractivity contribution in [2.24, 2.45) is 5.73 Å². The van der Waals surface area contributed by atoms with E-state index in [-0.39, 0.29) is 16.9 Å². The largest absolute Gasteiger partial charge is 0.360 e. The van der Waals surface area contributed by atoms with Crippen LogP contribution < -0.4 is 11.1 Å². The van der Waals surface area contributed by atoms with Crippen LogP contribution in [0.15, 0.2) is 78.9 Å². The molecule has 0 saturated heterocycles. The Morgan fingerprint density at radius 1 is 0.639 bits per heavy atom. The molecular weight excluding hydrogens is 522 g/mol. The fourth-order valence-electron chi connectivity index (χ4n) is 2.81. The van der Waals surface area contributed by atoms with Gasteiger partial charge in [0.2, 0.25) is 0 Å². The average Bonchev–Trinajstić information content (AvgIpc) is 2.83. The van der Waals surface area contributed by atoms with Crippen LogP contribution in [-0.4, -0.2) is 20.4 Å². The van der Waals surface area contributed by atoms with E-state index in [1.165, 1.54) is 17.7 Å². The van der Waals surface area contributed by atoms with E-state index in [2.05, 4.69) is 51.7 Å². The number of hydrogen-bond donors (Lipinski definition) is 2. The minimum atomic E-state index is -0.381. The molecule has 0 fully saturated rings. The number of nitrogens with zero attached hydrogens (tertiary/aromatic N) is 4. The van der Waals surface area contributed by atoms with Gasteiger partial charge in [0.05, 0.1) is 5.54 Å². The number of anilines is 1. The third-order valence-electron chi connectivity index (χ3n) is 4.76. The van der Waals surface area contributed by atoms with Crippen LogP contribution in [-0.2, 0) is 11.1 Å². The highest BCUT2D eigenvalue weighted by molar-refractivity contribution is 6.31. The normalized spacial score (nSPS) is 10.9. The van der Waals surface area contributed by atoms with Crippen molar-refractivity contribution in [3.63, 3.8) is 0 Å². The average molecular weight is 550 g/mol. The summed E-state index contributed by atoms with van der Waals surface area (Å²) in [6.45, 7) is 7.97. The van der Waals surface area contributed by atoms with Gasteiger partial charge in [0, 0.05) is 5.54 Å². The van der Waals surface area contributed by atoms with Crippen molar-refractivity contribution < 1.29 is 4.39 Å². The SMILES string of the molecule is CC(C)(N)c1ccc(F)cc1.CC(C)(Nc1ccc(Cl)nn1)c1ccccc1.Clc1ccc(Cl)nn1. The fourth-order valence-corrected chi connectivity index (χ4v) is 3.11. The van der Waals surface area contributed by atoms with E-state index >= 15 is 0 Å². The molecule has 0 saturated carbocycles. The Labute approximate surface area is 226 Å². The molecule has 4 aromatic rings. The molecule has 36 heavy (non-hydrogen) atoms. The van der Waals surface area contributed by atoms with Gasteiger partial charge in [-0.15, -0.1) is 20.4 Å². The Hall–Kier alpha value is -2.84. The van der Waals surface area contributed by atoms with Gasteiger partial charge >= 0.3 is 0 Å². The number of nitrogens with one attached hydrogen (secondary N) is 1. The number of rotatable bonds is 4. The van der Waals surface area contributed by atoms with E-state index in [0.717, 1.165) is 5.56 Å². The Morgan fingerprint density at radius 3 is 1.53 bits per heavy atom. The smallest absolute Gasteiger partial charge is 0.151 e. The minimum absolute atomic E-state index is 0.205. The van der Waals surface area contributed by atoms with Crippen LogP contribution in [0.3, 0.4) is 0 Å². The van der Waals surface area contributed by atoms with Crippen LogP contribution in [0.2, 0.25) is 15.5 Å². The molecule has 3 N–H and O–H groups in total. The van der Waals surface area contributed by atoms with E-state index in [1.807, 2.05) is 38.1 Å². The number of nitrogens with two attached hydrogens (primary N) is 1. The third kappa shape index (κ3) is 10.4. The summed E-state index contributed by atoms with van der Waals surface area (Å²) < 4.78 is 12.4. The quantitative estimate of drug-likeness (QED) is 0.278. The van der Waals surface area contributed by atoms with Gasteiger partial charge in [0.15, 0.2) is 15.5 Å². The molecule has 0 atom stereocenters. The van der Waals surface area contributed by atoms with Crippen molar-refractivity contribution in [3.8, 4) is 0 Å². The summed E-state index contributed by atoms with van der Waals surface area (Å²) in [5.41, 5.74) is 7.33. The van der Waals surface area contributed by atoms with Gasteiger partial charge in [-0.2, -0.15) is 0 Å². The highest BCUT2D eigenvalue weighted by Crippen LogP contribution is 2.24. The van der Waals surface area contributed by atoms with Crippen molar-refractivity contribution in [1.29, 1.82) is 0 Å². The lowest BCUT2D eigenvalue weighted by molar-refractivity contribution is 0.550. The predicted octanol–water partition coefficient (Wildman–Crippen LogP) is 7.28. The van der Waals surface area contributed by atoms with Crippen LogP contribution >= 0.6 is 34.8 Å². The van der Waals surface area contributed by atoms with Crippen LogP contribution in [0, 0.1) is 5.82 Å². The molecule has 190 valence electrons. The van der Waals surface area contributed by atoms with Gasteiger partial charge in [0.1, 0.15) is 11.6 Å². The van der Waals surface area contributed by atoms with E-state index in [1.54, 1.807) is 30.3 Å². The van der Waals surface area contributed by atoms with Crippen molar-refractivity contribution in [2.45, 2.75) is 38.8 Å². The maximum absolute atomic E-state index is 12.4. The number of halogens is 4. The zero-order valence-electron chi connectivity index (χ0n) is 20.4. The molecule has 0 bridgehead atoms. The second kappa shape index (κ2) is 13.5. The van der Waals surface area contributed by atoms with Gasteiger partial charge in [-0.05, 0) is 75.2 Å². The summed E-state index contributed by atoms with van der Waals surface area (Å²) in [5, 5.41) is 19.2. The van der Waals surface area contributed by atoms with E-state index < -0.39 is 0 Å². The first kappa shape index (κ1) is 29.4. The van der Waals surface area contributed by atoms with E-state index in [9.17, 15) is 4.39 Å². The van der Waals surface area contributed by atoms with E-state index in [0.29, 0.717) is 21.3 Å². The van der Waals surface area contributed by atoms with Crippen molar-refractivity contribution in [2.75, 3.05) is 5.32 Å². The van der Waals surface area contributed by atoms with Crippen LogP contribution in [0.4, 0.5) is 10.2 Å². The summed E-state index contributed by atoms with van der Waals surface area (Å²) in [6, 6.07) is 23.2. The standard InChI is InChI=1S/C13H14ClN3.C9H12FN.C4H2Cl2N2/c1-13(2,10-6-4-3-5-7-10)15-12-9-8-11(14)16-17-12;1-9(2,11)7-3-5-8(10)6-4-7;5-3-1-2-4(6)8-7-3/h3-9H,1-2H3,(H,15,17);3-6H,11H2,1-2H3;1-2H. The summed E-state index contributed by atoms with van der Waals surface area (Å²) in [7, 11) is 0. The molecule has 0 aliphatic carbocycles. The molecule has 0 spiro atoms. The molecule has 2 aromatic carbocycles. The topological polar surface area (TPSA) is 89.6 Å². The van der Waals surface area contributed by atoms with Gasteiger partial charge in [-0.3, -0.25) is 0 Å². The summed E-state index contributed by atoms with van der Waals surface area (Å²) in [4.78, 5) is 0. The molecule has 4 rings (SSSR count). The van der Waals surface area contributed by atoms with Crippen molar-refractivity contribution in [3.05, 3.63) is 111 Å². The second-order valence-corrected chi connectivity index (χ2v) is 9.93. The summed E-state index contributed by atoms with van der Waals surface area (Å²) in [5.74, 6) is 0.487. The number of hydrogen-bond acceptors (Lipinski definition) is 6. The zero-order valence-corrected chi connectivity index (χ0v) is 22.7. The van der Waals surface area contributed by atoms with Crippen LogP contribution in [0.25, 0.3) is 0 Å². The maximum atomic E-state index is 12.4. The fraction of sp³-hybridized carbons (Fsp3) is 0.231. The predicted molar refractivity (Wildman–Crippen MR) is 146 cm³/mol. The lowest BCUT2D eigenvalue weighted by atomic mass is 9.94. The highest BCUT2D eigenvalue weighted by Gasteiger charge is 2.20. The number of aromatic nitrogens is 4. The first-order valence-electron chi connectivity index (χ1n) is 10.9.